The second-order valence-electron chi connectivity index (χ2n) is 3.98. The summed E-state index contributed by atoms with van der Waals surface area (Å²) in [5, 5.41) is 8.85. The molecule has 0 saturated heterocycles. The van der Waals surface area contributed by atoms with Crippen molar-refractivity contribution in [2.24, 2.45) is 11.5 Å². The second-order valence-corrected chi connectivity index (χ2v) is 3.98. The molecule has 0 atom stereocenters. The van der Waals surface area contributed by atoms with Crippen molar-refractivity contribution >= 4 is 23.7 Å². The number of nitrogens with zero attached hydrogens (tertiary/aromatic N) is 1. The van der Waals surface area contributed by atoms with E-state index in [1.807, 2.05) is 0 Å². The first-order chi connectivity index (χ1) is 9.31. The molecular weight excluding hydrogens is 266 g/mol. The molecule has 0 aliphatic carbocycles. The molecule has 20 heavy (non-hydrogen) atoms. The second kappa shape index (κ2) is 6.32. The van der Waals surface area contributed by atoms with Crippen molar-refractivity contribution in [1.82, 2.24) is 4.90 Å². The number of rotatable bonds is 6. The molecule has 0 aliphatic rings. The van der Waals surface area contributed by atoms with E-state index in [-0.39, 0.29) is 11.1 Å². The van der Waals surface area contributed by atoms with E-state index in [2.05, 4.69) is 0 Å². The summed E-state index contributed by atoms with van der Waals surface area (Å²) in [7, 11) is 0. The Balaban J connectivity index is 3.04. The standard InChI is InChI=1S/C12H13N3O5/c13-9(16)5-15(6-10(14)17)11(18)7-2-1-3-8(4-7)12(19)20/h1-4H,5-6H2,(H2,13,16)(H2,14,17)(H,19,20). The first-order valence-corrected chi connectivity index (χ1v) is 5.50. The minimum absolute atomic E-state index is 0.0207. The number of carbonyl (C=O) groups excluding carboxylic acids is 3. The van der Waals surface area contributed by atoms with Crippen LogP contribution >= 0.6 is 0 Å². The molecule has 3 amide bonds. The Morgan fingerprint density at radius 1 is 1.00 bits per heavy atom. The van der Waals surface area contributed by atoms with Crippen LogP contribution in [-0.4, -0.2) is 46.8 Å². The Labute approximate surface area is 114 Å². The summed E-state index contributed by atoms with van der Waals surface area (Å²) in [6, 6.07) is 5.19. The number of hydrogen-bond acceptors (Lipinski definition) is 4. The van der Waals surface area contributed by atoms with Crippen molar-refractivity contribution in [3.05, 3.63) is 35.4 Å². The van der Waals surface area contributed by atoms with Gasteiger partial charge in [-0.2, -0.15) is 0 Å². The first kappa shape index (κ1) is 15.2. The van der Waals surface area contributed by atoms with Gasteiger partial charge in [-0.25, -0.2) is 4.79 Å². The number of aromatic carboxylic acids is 1. The lowest BCUT2D eigenvalue weighted by Gasteiger charge is -2.19. The van der Waals surface area contributed by atoms with Gasteiger partial charge in [0.1, 0.15) is 13.1 Å². The summed E-state index contributed by atoms with van der Waals surface area (Å²) in [6.45, 7) is -0.974. The van der Waals surface area contributed by atoms with Crippen molar-refractivity contribution in [2.75, 3.05) is 13.1 Å². The van der Waals surface area contributed by atoms with Gasteiger partial charge < -0.3 is 21.5 Å². The van der Waals surface area contributed by atoms with Gasteiger partial charge in [0.15, 0.2) is 0 Å². The van der Waals surface area contributed by atoms with Gasteiger partial charge in [-0.3, -0.25) is 14.4 Å². The van der Waals surface area contributed by atoms with Crippen LogP contribution in [0, 0.1) is 0 Å². The molecule has 8 nitrogen and oxygen atoms in total. The van der Waals surface area contributed by atoms with Crippen LogP contribution in [0.4, 0.5) is 0 Å². The molecule has 0 aliphatic heterocycles. The number of primary amides is 2. The molecule has 0 unspecified atom stereocenters. The van der Waals surface area contributed by atoms with E-state index in [0.29, 0.717) is 0 Å². The molecule has 5 N–H and O–H groups in total. The highest BCUT2D eigenvalue weighted by molar-refractivity contribution is 6.00. The quantitative estimate of drug-likeness (QED) is 0.599. The van der Waals surface area contributed by atoms with Crippen molar-refractivity contribution in [2.45, 2.75) is 0 Å². The molecule has 1 aromatic rings. The third kappa shape index (κ3) is 4.09. The van der Waals surface area contributed by atoms with Crippen molar-refractivity contribution in [3.63, 3.8) is 0 Å². The van der Waals surface area contributed by atoms with Gasteiger partial charge >= 0.3 is 5.97 Å². The Morgan fingerprint density at radius 2 is 1.50 bits per heavy atom. The van der Waals surface area contributed by atoms with E-state index in [1.54, 1.807) is 0 Å². The molecule has 8 heteroatoms. The fourth-order valence-electron chi connectivity index (χ4n) is 1.54. The van der Waals surface area contributed by atoms with Crippen molar-refractivity contribution in [3.8, 4) is 0 Å². The largest absolute Gasteiger partial charge is 0.478 e. The average molecular weight is 279 g/mol. The predicted molar refractivity (Wildman–Crippen MR) is 67.7 cm³/mol. The zero-order valence-electron chi connectivity index (χ0n) is 10.4. The SMILES string of the molecule is NC(=O)CN(CC(N)=O)C(=O)c1cccc(C(=O)O)c1. The van der Waals surface area contributed by atoms with Crippen LogP contribution in [0.2, 0.25) is 0 Å². The number of carbonyl (C=O) groups is 4. The van der Waals surface area contributed by atoms with Gasteiger partial charge in [0.2, 0.25) is 11.8 Å². The molecule has 0 bridgehead atoms. The van der Waals surface area contributed by atoms with Crippen LogP contribution in [0.25, 0.3) is 0 Å². The summed E-state index contributed by atoms with van der Waals surface area (Å²) < 4.78 is 0. The topological polar surface area (TPSA) is 144 Å². The lowest BCUT2D eigenvalue weighted by atomic mass is 10.1. The van der Waals surface area contributed by atoms with E-state index in [1.165, 1.54) is 18.2 Å². The van der Waals surface area contributed by atoms with Crippen LogP contribution in [-0.2, 0) is 9.59 Å². The third-order valence-corrected chi connectivity index (χ3v) is 2.34. The van der Waals surface area contributed by atoms with E-state index in [4.69, 9.17) is 16.6 Å². The number of nitrogens with two attached hydrogens (primary N) is 2. The Bertz CT molecular complexity index is 554. The molecule has 1 rings (SSSR count). The van der Waals surface area contributed by atoms with Crippen LogP contribution in [0.3, 0.4) is 0 Å². The van der Waals surface area contributed by atoms with Crippen LogP contribution < -0.4 is 11.5 Å². The maximum Gasteiger partial charge on any atom is 0.335 e. The summed E-state index contributed by atoms with van der Waals surface area (Å²) in [6.07, 6.45) is 0. The van der Waals surface area contributed by atoms with Crippen LogP contribution in [0.15, 0.2) is 24.3 Å². The van der Waals surface area contributed by atoms with Gasteiger partial charge in [-0.1, -0.05) is 6.07 Å². The molecule has 0 fully saturated rings. The number of hydrogen-bond donors (Lipinski definition) is 3. The normalized spacial score (nSPS) is 9.80. The lowest BCUT2D eigenvalue weighted by Crippen LogP contribution is -2.43. The number of carboxylic acid groups (broad SMARTS) is 1. The lowest BCUT2D eigenvalue weighted by molar-refractivity contribution is -0.121. The summed E-state index contributed by atoms with van der Waals surface area (Å²) >= 11 is 0. The highest BCUT2D eigenvalue weighted by Gasteiger charge is 2.20. The number of benzene rings is 1. The molecule has 0 radical (unpaired) electrons. The fourth-order valence-corrected chi connectivity index (χ4v) is 1.54. The average Bonchev–Trinajstić information content (AvgIpc) is 2.36. The molecule has 0 aromatic heterocycles. The van der Waals surface area contributed by atoms with Crippen LogP contribution in [0.1, 0.15) is 20.7 Å². The van der Waals surface area contributed by atoms with E-state index >= 15 is 0 Å². The Kier molecular flexibility index (Phi) is 4.79. The maximum atomic E-state index is 12.1. The Morgan fingerprint density at radius 3 is 1.95 bits per heavy atom. The smallest absolute Gasteiger partial charge is 0.335 e. The summed E-state index contributed by atoms with van der Waals surface area (Å²) in [5.74, 6) is -3.52. The summed E-state index contributed by atoms with van der Waals surface area (Å²) in [4.78, 5) is 45.6. The fraction of sp³-hybridized carbons (Fsp3) is 0.167. The minimum Gasteiger partial charge on any atom is -0.478 e. The van der Waals surface area contributed by atoms with Gasteiger partial charge in [0.25, 0.3) is 5.91 Å². The first-order valence-electron chi connectivity index (χ1n) is 5.50. The third-order valence-electron chi connectivity index (χ3n) is 2.34. The molecule has 0 saturated carbocycles. The molecule has 0 heterocycles. The molecular formula is C12H13N3O5. The Hall–Kier alpha value is -2.90. The minimum atomic E-state index is -1.20. The van der Waals surface area contributed by atoms with Gasteiger partial charge in [0.05, 0.1) is 5.56 Å². The van der Waals surface area contributed by atoms with Gasteiger partial charge in [-0.15, -0.1) is 0 Å². The van der Waals surface area contributed by atoms with E-state index in [9.17, 15) is 19.2 Å². The number of amides is 3. The predicted octanol–water partition coefficient (Wildman–Crippen LogP) is -1.20. The zero-order chi connectivity index (χ0) is 15.3. The molecule has 0 spiro atoms. The molecule has 1 aromatic carbocycles. The highest BCUT2D eigenvalue weighted by atomic mass is 16.4. The van der Waals surface area contributed by atoms with E-state index in [0.717, 1.165) is 11.0 Å². The monoisotopic (exact) mass is 279 g/mol. The van der Waals surface area contributed by atoms with Gasteiger partial charge in [0, 0.05) is 5.56 Å². The van der Waals surface area contributed by atoms with Crippen molar-refractivity contribution < 1.29 is 24.3 Å². The molecule has 106 valence electrons. The summed E-state index contributed by atoms with van der Waals surface area (Å²) in [5.41, 5.74) is 9.90. The van der Waals surface area contributed by atoms with E-state index < -0.39 is 36.8 Å². The number of carboxylic acids is 1. The highest BCUT2D eigenvalue weighted by Crippen LogP contribution is 2.08. The maximum absolute atomic E-state index is 12.1. The van der Waals surface area contributed by atoms with Gasteiger partial charge in [-0.05, 0) is 18.2 Å². The zero-order valence-corrected chi connectivity index (χ0v) is 10.4. The van der Waals surface area contributed by atoms with Crippen LogP contribution in [0.5, 0.6) is 0 Å². The van der Waals surface area contributed by atoms with Crippen molar-refractivity contribution in [1.29, 1.82) is 0 Å².